The lowest BCUT2D eigenvalue weighted by Crippen LogP contribution is -2.47. The second kappa shape index (κ2) is 5.51. The zero-order chi connectivity index (χ0) is 15.9. The van der Waals surface area contributed by atoms with Crippen LogP contribution in [0.1, 0.15) is 12.8 Å². The molecule has 3 aliphatic carbocycles. The molecular formula is C16H15F2NO3. The lowest BCUT2D eigenvalue weighted by molar-refractivity contribution is -0.151. The van der Waals surface area contributed by atoms with Crippen molar-refractivity contribution in [3.63, 3.8) is 0 Å². The van der Waals surface area contributed by atoms with Crippen LogP contribution in [-0.2, 0) is 9.59 Å². The van der Waals surface area contributed by atoms with E-state index >= 15 is 0 Å². The lowest BCUT2D eigenvalue weighted by atomic mass is 9.62. The van der Waals surface area contributed by atoms with Crippen molar-refractivity contribution < 1.29 is 23.5 Å². The van der Waals surface area contributed by atoms with Gasteiger partial charge in [0.2, 0.25) is 5.91 Å². The first-order chi connectivity index (χ1) is 10.5. The summed E-state index contributed by atoms with van der Waals surface area (Å²) in [5, 5.41) is 11.9. The molecular weight excluding hydrogens is 292 g/mol. The minimum absolute atomic E-state index is 0.124. The summed E-state index contributed by atoms with van der Waals surface area (Å²) in [7, 11) is 0. The quantitative estimate of drug-likeness (QED) is 0.844. The molecule has 22 heavy (non-hydrogen) atoms. The van der Waals surface area contributed by atoms with Gasteiger partial charge in [-0.2, -0.15) is 0 Å². The summed E-state index contributed by atoms with van der Waals surface area (Å²) in [6.07, 6.45) is 5.28. The summed E-state index contributed by atoms with van der Waals surface area (Å²) in [6.45, 7) is 0. The summed E-state index contributed by atoms with van der Waals surface area (Å²) in [6, 6.07) is 3.06. The molecule has 1 fully saturated rings. The average molecular weight is 307 g/mol. The molecule has 0 saturated heterocycles. The van der Waals surface area contributed by atoms with Gasteiger partial charge >= 0.3 is 5.97 Å². The maximum atomic E-state index is 13.2. The van der Waals surface area contributed by atoms with E-state index in [1.54, 1.807) is 0 Å². The fourth-order valence-corrected chi connectivity index (χ4v) is 3.49. The van der Waals surface area contributed by atoms with E-state index in [2.05, 4.69) is 5.32 Å². The molecule has 1 saturated carbocycles. The summed E-state index contributed by atoms with van der Waals surface area (Å²) in [5.74, 6) is -5.25. The number of nitrogens with one attached hydrogen (secondary N) is 1. The number of halogens is 2. The molecule has 3 aliphatic rings. The van der Waals surface area contributed by atoms with E-state index < -0.39 is 35.3 Å². The van der Waals surface area contributed by atoms with Crippen molar-refractivity contribution in [1.29, 1.82) is 0 Å². The van der Waals surface area contributed by atoms with Gasteiger partial charge in [-0.25, -0.2) is 8.78 Å². The van der Waals surface area contributed by atoms with Gasteiger partial charge in [-0.3, -0.25) is 9.59 Å². The molecule has 1 aromatic rings. The van der Waals surface area contributed by atoms with Crippen molar-refractivity contribution in [3.8, 4) is 0 Å². The van der Waals surface area contributed by atoms with Gasteiger partial charge in [0.25, 0.3) is 0 Å². The Morgan fingerprint density at radius 2 is 1.68 bits per heavy atom. The smallest absolute Gasteiger partial charge is 0.307 e. The van der Waals surface area contributed by atoms with E-state index in [-0.39, 0.29) is 17.5 Å². The number of anilines is 1. The van der Waals surface area contributed by atoms with Gasteiger partial charge in [-0.05, 0) is 36.8 Å². The number of hydrogen-bond acceptors (Lipinski definition) is 2. The van der Waals surface area contributed by atoms with Crippen LogP contribution in [0.3, 0.4) is 0 Å². The largest absolute Gasteiger partial charge is 0.481 e. The number of carboxylic acids is 1. The number of carbonyl (C=O) groups is 2. The van der Waals surface area contributed by atoms with E-state index in [1.807, 2.05) is 12.2 Å². The van der Waals surface area contributed by atoms with Gasteiger partial charge in [0.15, 0.2) is 11.6 Å². The fourth-order valence-electron chi connectivity index (χ4n) is 3.49. The number of benzene rings is 1. The highest BCUT2D eigenvalue weighted by Crippen LogP contribution is 2.45. The monoisotopic (exact) mass is 307 g/mol. The van der Waals surface area contributed by atoms with Crippen molar-refractivity contribution in [2.75, 3.05) is 5.32 Å². The highest BCUT2D eigenvalue weighted by Gasteiger charge is 2.48. The molecule has 4 rings (SSSR count). The zero-order valence-electron chi connectivity index (χ0n) is 11.6. The van der Waals surface area contributed by atoms with Crippen LogP contribution in [-0.4, -0.2) is 17.0 Å². The Morgan fingerprint density at radius 1 is 1.05 bits per heavy atom. The standard InChI is InChI=1S/C16H15F2NO3/c17-11-6-5-10(7-12(11)18)19-15(20)13-8-1-3-9(4-2-8)14(13)16(21)22/h1,3,5-9,13-14H,2,4H2,(H,19,20)(H,21,22). The van der Waals surface area contributed by atoms with Crippen molar-refractivity contribution in [2.24, 2.45) is 23.7 Å². The highest BCUT2D eigenvalue weighted by molar-refractivity contribution is 5.96. The molecule has 4 nitrogen and oxygen atoms in total. The van der Waals surface area contributed by atoms with Crippen LogP contribution in [0.5, 0.6) is 0 Å². The molecule has 2 bridgehead atoms. The van der Waals surface area contributed by atoms with Crippen molar-refractivity contribution >= 4 is 17.6 Å². The molecule has 0 heterocycles. The minimum Gasteiger partial charge on any atom is -0.481 e. The van der Waals surface area contributed by atoms with Crippen LogP contribution in [0, 0.1) is 35.3 Å². The van der Waals surface area contributed by atoms with Gasteiger partial charge in [-0.15, -0.1) is 0 Å². The molecule has 116 valence electrons. The SMILES string of the molecule is O=C(O)C1C2C=CC(CC2)C1C(=O)Nc1ccc(F)c(F)c1. The van der Waals surface area contributed by atoms with E-state index in [4.69, 9.17) is 0 Å². The minimum atomic E-state index is -1.06. The zero-order valence-corrected chi connectivity index (χ0v) is 11.6. The van der Waals surface area contributed by atoms with Gasteiger partial charge in [0, 0.05) is 11.8 Å². The van der Waals surface area contributed by atoms with Crippen molar-refractivity contribution in [3.05, 3.63) is 42.0 Å². The summed E-state index contributed by atoms with van der Waals surface area (Å²) >= 11 is 0. The third kappa shape index (κ3) is 2.49. The van der Waals surface area contributed by atoms with Gasteiger partial charge < -0.3 is 10.4 Å². The molecule has 0 spiro atoms. The Balaban J connectivity index is 1.82. The number of aliphatic carboxylic acids is 1. The number of carbonyl (C=O) groups excluding carboxylic acids is 1. The van der Waals surface area contributed by atoms with E-state index in [1.165, 1.54) is 6.07 Å². The van der Waals surface area contributed by atoms with Crippen LogP contribution in [0.15, 0.2) is 30.4 Å². The number of fused-ring (bicyclic) bond motifs is 2. The van der Waals surface area contributed by atoms with Crippen LogP contribution >= 0.6 is 0 Å². The Labute approximate surface area is 125 Å². The topological polar surface area (TPSA) is 66.4 Å². The molecule has 1 amide bonds. The molecule has 0 aliphatic heterocycles. The summed E-state index contributed by atoms with van der Waals surface area (Å²) in [4.78, 5) is 23.9. The van der Waals surface area contributed by atoms with Crippen LogP contribution in [0.25, 0.3) is 0 Å². The molecule has 1 aromatic carbocycles. The first kappa shape index (κ1) is 14.7. The Bertz CT molecular complexity index is 659. The van der Waals surface area contributed by atoms with E-state index in [9.17, 15) is 23.5 Å². The second-order valence-electron chi connectivity index (χ2n) is 5.80. The molecule has 0 radical (unpaired) electrons. The molecule has 2 N–H and O–H groups in total. The number of allylic oxidation sites excluding steroid dienone is 2. The first-order valence-electron chi connectivity index (χ1n) is 7.14. The Kier molecular flexibility index (Phi) is 3.68. The summed E-state index contributed by atoms with van der Waals surface area (Å²) < 4.78 is 26.1. The number of rotatable bonds is 3. The van der Waals surface area contributed by atoms with Crippen molar-refractivity contribution in [1.82, 2.24) is 0 Å². The van der Waals surface area contributed by atoms with Crippen LogP contribution < -0.4 is 5.32 Å². The van der Waals surface area contributed by atoms with Gasteiger partial charge in [-0.1, -0.05) is 12.2 Å². The molecule has 4 unspecified atom stereocenters. The van der Waals surface area contributed by atoms with E-state index in [0.717, 1.165) is 25.0 Å². The van der Waals surface area contributed by atoms with Gasteiger partial charge in [0.05, 0.1) is 11.8 Å². The van der Waals surface area contributed by atoms with Crippen LogP contribution in [0.2, 0.25) is 0 Å². The predicted octanol–water partition coefficient (Wildman–Crippen LogP) is 2.82. The van der Waals surface area contributed by atoms with Crippen molar-refractivity contribution in [2.45, 2.75) is 12.8 Å². The maximum absolute atomic E-state index is 13.2. The Morgan fingerprint density at radius 3 is 2.23 bits per heavy atom. The first-order valence-corrected chi connectivity index (χ1v) is 7.14. The normalized spacial score (nSPS) is 29.4. The third-order valence-electron chi connectivity index (χ3n) is 4.52. The van der Waals surface area contributed by atoms with E-state index in [0.29, 0.717) is 0 Å². The number of amides is 1. The molecule has 6 heteroatoms. The average Bonchev–Trinajstić information content (AvgIpc) is 2.51. The number of hydrogen-bond donors (Lipinski definition) is 2. The molecule has 4 atom stereocenters. The number of carboxylic acid groups (broad SMARTS) is 1. The van der Waals surface area contributed by atoms with Crippen LogP contribution in [0.4, 0.5) is 14.5 Å². The third-order valence-corrected chi connectivity index (χ3v) is 4.52. The molecule has 0 aromatic heterocycles. The Hall–Kier alpha value is -2.24. The predicted molar refractivity (Wildman–Crippen MR) is 75.0 cm³/mol. The van der Waals surface area contributed by atoms with Gasteiger partial charge in [0.1, 0.15) is 0 Å². The lowest BCUT2D eigenvalue weighted by Gasteiger charge is -2.41. The fraction of sp³-hybridized carbons (Fsp3) is 0.375. The second-order valence-corrected chi connectivity index (χ2v) is 5.80. The highest BCUT2D eigenvalue weighted by atomic mass is 19.2. The summed E-state index contributed by atoms with van der Waals surface area (Å²) in [5.41, 5.74) is 0.124. The maximum Gasteiger partial charge on any atom is 0.307 e.